The number of nitrogens with zero attached hydrogens (tertiary/aromatic N) is 1. The summed E-state index contributed by atoms with van der Waals surface area (Å²) in [5, 5.41) is 26.6. The lowest BCUT2D eigenvalue weighted by Crippen LogP contribution is -2.59. The second kappa shape index (κ2) is 17.9. The van der Waals surface area contributed by atoms with E-state index in [0.717, 1.165) is 0 Å². The first-order chi connectivity index (χ1) is 17.3. The van der Waals surface area contributed by atoms with Crippen LogP contribution in [0, 0.1) is 0 Å². The van der Waals surface area contributed by atoms with Gasteiger partial charge in [-0.05, 0) is 52.0 Å². The van der Waals surface area contributed by atoms with Gasteiger partial charge in [0, 0.05) is 13.0 Å². The molecule has 0 aromatic rings. The SMILES string of the molecule is CC(O)C(NC(=O)C(N)CCC(N)=O)C(=O)NC(CCCN=C(N)N)C(=O)NC(CCCCN)C(=O)O. The van der Waals surface area contributed by atoms with Gasteiger partial charge < -0.3 is 54.8 Å². The van der Waals surface area contributed by atoms with Gasteiger partial charge in [0.25, 0.3) is 0 Å². The minimum absolute atomic E-state index is 0.0160. The summed E-state index contributed by atoms with van der Waals surface area (Å²) >= 11 is 0. The van der Waals surface area contributed by atoms with E-state index in [4.69, 9.17) is 28.7 Å². The van der Waals surface area contributed by atoms with Crippen LogP contribution in [0.2, 0.25) is 0 Å². The number of guanidine groups is 1. The highest BCUT2D eigenvalue weighted by molar-refractivity contribution is 5.94. The molecule has 0 saturated heterocycles. The van der Waals surface area contributed by atoms with Crippen molar-refractivity contribution < 1.29 is 34.2 Å². The maximum Gasteiger partial charge on any atom is 0.326 e. The minimum Gasteiger partial charge on any atom is -0.480 e. The van der Waals surface area contributed by atoms with E-state index in [9.17, 15) is 34.2 Å². The van der Waals surface area contributed by atoms with Gasteiger partial charge >= 0.3 is 5.97 Å². The van der Waals surface area contributed by atoms with Crippen LogP contribution in [0.5, 0.6) is 0 Å². The monoisotopic (exact) mass is 531 g/mol. The molecule has 5 atom stereocenters. The van der Waals surface area contributed by atoms with Gasteiger partial charge in [-0.3, -0.25) is 24.2 Å². The van der Waals surface area contributed by atoms with E-state index in [0.29, 0.717) is 19.4 Å². The van der Waals surface area contributed by atoms with Crippen molar-refractivity contribution in [2.24, 2.45) is 33.7 Å². The second-order valence-electron chi connectivity index (χ2n) is 8.53. The third-order valence-electron chi connectivity index (χ3n) is 5.24. The zero-order valence-electron chi connectivity index (χ0n) is 21.0. The number of aliphatic imine (C=N–C) groups is 1. The Morgan fingerprint density at radius 1 is 0.838 bits per heavy atom. The smallest absolute Gasteiger partial charge is 0.326 e. The van der Waals surface area contributed by atoms with Crippen LogP contribution in [0.4, 0.5) is 0 Å². The molecule has 0 aliphatic heterocycles. The number of amides is 4. The summed E-state index contributed by atoms with van der Waals surface area (Å²) in [6.07, 6.45) is -0.215. The number of nitrogens with two attached hydrogens (primary N) is 5. The maximum atomic E-state index is 12.9. The van der Waals surface area contributed by atoms with Crippen molar-refractivity contribution in [2.75, 3.05) is 13.1 Å². The van der Waals surface area contributed by atoms with Crippen LogP contribution >= 0.6 is 0 Å². The minimum atomic E-state index is -1.50. The number of aliphatic carboxylic acids is 1. The number of nitrogens with one attached hydrogen (secondary N) is 3. The molecule has 0 bridgehead atoms. The lowest BCUT2D eigenvalue weighted by molar-refractivity contribution is -0.142. The predicted molar refractivity (Wildman–Crippen MR) is 134 cm³/mol. The predicted octanol–water partition coefficient (Wildman–Crippen LogP) is -4.32. The van der Waals surface area contributed by atoms with Crippen molar-refractivity contribution >= 4 is 35.6 Å². The Bertz CT molecular complexity index is 803. The molecule has 0 aliphatic carbocycles. The van der Waals surface area contributed by atoms with Crippen molar-refractivity contribution in [3.05, 3.63) is 0 Å². The number of primary amides is 1. The van der Waals surface area contributed by atoms with Gasteiger partial charge in [-0.15, -0.1) is 0 Å². The van der Waals surface area contributed by atoms with Gasteiger partial charge in [0.15, 0.2) is 5.96 Å². The fourth-order valence-corrected chi connectivity index (χ4v) is 3.15. The molecular weight excluding hydrogens is 490 g/mol. The molecule has 0 aromatic carbocycles. The molecule has 0 fully saturated rings. The number of aliphatic hydroxyl groups is 1. The van der Waals surface area contributed by atoms with E-state index < -0.39 is 59.9 Å². The van der Waals surface area contributed by atoms with Crippen LogP contribution in [-0.4, -0.2) is 89.1 Å². The molecule has 37 heavy (non-hydrogen) atoms. The summed E-state index contributed by atoms with van der Waals surface area (Å²) in [5.74, 6) is -4.60. The van der Waals surface area contributed by atoms with Crippen molar-refractivity contribution in [3.8, 4) is 0 Å². The van der Waals surface area contributed by atoms with Crippen LogP contribution in [0.1, 0.15) is 51.9 Å². The standard InChI is InChI=1S/C21H41N9O7/c1-11(31)16(30-17(33)12(23)7-8-15(24)32)19(35)28-13(6-4-10-27-21(25)26)18(34)29-14(20(36)37)5-2-3-9-22/h11-14,16,31H,2-10,22-23H2,1H3,(H2,24,32)(H,28,35)(H,29,34)(H,30,33)(H,36,37)(H4,25,26,27). The summed E-state index contributed by atoms with van der Waals surface area (Å²) in [6.45, 7) is 1.74. The van der Waals surface area contributed by atoms with E-state index >= 15 is 0 Å². The Hall–Kier alpha value is -3.50. The maximum absolute atomic E-state index is 12.9. The zero-order chi connectivity index (χ0) is 28.5. The average Bonchev–Trinajstić information content (AvgIpc) is 2.81. The quantitative estimate of drug-likeness (QED) is 0.0431. The fourth-order valence-electron chi connectivity index (χ4n) is 3.15. The molecule has 0 radical (unpaired) electrons. The zero-order valence-corrected chi connectivity index (χ0v) is 21.0. The second-order valence-corrected chi connectivity index (χ2v) is 8.53. The number of hydrogen-bond acceptors (Lipinski definition) is 9. The van der Waals surface area contributed by atoms with E-state index in [1.807, 2.05) is 0 Å². The number of unbranched alkanes of at least 4 members (excludes halogenated alkanes) is 1. The van der Waals surface area contributed by atoms with Gasteiger partial charge in [-0.25, -0.2) is 4.79 Å². The first kappa shape index (κ1) is 33.5. The van der Waals surface area contributed by atoms with E-state index in [2.05, 4.69) is 20.9 Å². The molecule has 16 nitrogen and oxygen atoms in total. The first-order valence-corrected chi connectivity index (χ1v) is 11.9. The number of carboxylic acid groups (broad SMARTS) is 1. The molecule has 0 rings (SSSR count). The third-order valence-corrected chi connectivity index (χ3v) is 5.24. The Labute approximate surface area is 215 Å². The molecular formula is C21H41N9O7. The van der Waals surface area contributed by atoms with E-state index in [1.165, 1.54) is 6.92 Å². The van der Waals surface area contributed by atoms with Crippen LogP contribution in [-0.2, 0) is 24.0 Å². The molecule has 15 N–H and O–H groups in total. The molecule has 4 amide bonds. The Balaban J connectivity index is 5.52. The molecule has 16 heteroatoms. The molecule has 212 valence electrons. The highest BCUT2D eigenvalue weighted by Crippen LogP contribution is 2.06. The van der Waals surface area contributed by atoms with Gasteiger partial charge in [0.05, 0.1) is 12.1 Å². The van der Waals surface area contributed by atoms with Gasteiger partial charge in [-0.1, -0.05) is 0 Å². The van der Waals surface area contributed by atoms with Gasteiger partial charge in [0.1, 0.15) is 18.1 Å². The lowest BCUT2D eigenvalue weighted by atomic mass is 10.1. The summed E-state index contributed by atoms with van der Waals surface area (Å²) in [7, 11) is 0. The third kappa shape index (κ3) is 14.6. The lowest BCUT2D eigenvalue weighted by Gasteiger charge is -2.26. The Morgan fingerprint density at radius 3 is 1.95 bits per heavy atom. The molecule has 0 saturated carbocycles. The van der Waals surface area contributed by atoms with Crippen LogP contribution in [0.25, 0.3) is 0 Å². The van der Waals surface area contributed by atoms with E-state index in [-0.39, 0.29) is 44.6 Å². The van der Waals surface area contributed by atoms with Crippen LogP contribution < -0.4 is 44.6 Å². The molecule has 5 unspecified atom stereocenters. The number of carbonyl (C=O) groups excluding carboxylic acids is 4. The van der Waals surface area contributed by atoms with Gasteiger partial charge in [-0.2, -0.15) is 0 Å². The van der Waals surface area contributed by atoms with Crippen LogP contribution in [0.3, 0.4) is 0 Å². The topological polar surface area (TPSA) is 304 Å². The Kier molecular flexibility index (Phi) is 16.2. The molecule has 0 aliphatic rings. The number of carbonyl (C=O) groups is 5. The van der Waals surface area contributed by atoms with Gasteiger partial charge in [0.2, 0.25) is 23.6 Å². The normalized spacial score (nSPS) is 14.8. The molecule has 0 heterocycles. The summed E-state index contributed by atoms with van der Waals surface area (Å²) < 4.78 is 0. The molecule has 0 spiro atoms. The highest BCUT2D eigenvalue weighted by atomic mass is 16.4. The summed E-state index contributed by atoms with van der Waals surface area (Å²) in [6, 6.07) is -5.13. The van der Waals surface area contributed by atoms with Crippen molar-refractivity contribution in [1.82, 2.24) is 16.0 Å². The largest absolute Gasteiger partial charge is 0.480 e. The van der Waals surface area contributed by atoms with Crippen LogP contribution in [0.15, 0.2) is 4.99 Å². The number of carboxylic acids is 1. The summed E-state index contributed by atoms with van der Waals surface area (Å²) in [5.41, 5.74) is 26.8. The summed E-state index contributed by atoms with van der Waals surface area (Å²) in [4.78, 5) is 64.5. The van der Waals surface area contributed by atoms with Crippen molar-refractivity contribution in [1.29, 1.82) is 0 Å². The highest BCUT2D eigenvalue weighted by Gasteiger charge is 2.32. The molecule has 0 aromatic heterocycles. The van der Waals surface area contributed by atoms with Crippen molar-refractivity contribution in [3.63, 3.8) is 0 Å². The Morgan fingerprint density at radius 2 is 1.43 bits per heavy atom. The van der Waals surface area contributed by atoms with E-state index in [1.54, 1.807) is 0 Å². The average molecular weight is 532 g/mol. The number of hydrogen-bond donors (Lipinski definition) is 10. The number of aliphatic hydroxyl groups excluding tert-OH is 1. The first-order valence-electron chi connectivity index (χ1n) is 11.9. The fraction of sp³-hybridized carbons (Fsp3) is 0.714. The number of rotatable bonds is 19. The van der Waals surface area contributed by atoms with Crippen molar-refractivity contribution in [2.45, 2.75) is 82.1 Å².